The van der Waals surface area contributed by atoms with Crippen molar-refractivity contribution in [2.75, 3.05) is 19.0 Å². The standard InChI is InChI=1S/C24H24N6O2/c1-15-13-21(31)30-22(18-8-4-6-10-20(18)32-2)28-23(29-24(30)27-15)25-12-11-16-14-26-19-9-5-3-7-17(16)19/h3-10,13-14,22,26H,11-12H2,1-2H3,(H2,25,27,28,29)/t22-/m1/s1. The van der Waals surface area contributed by atoms with Crippen molar-refractivity contribution in [2.45, 2.75) is 19.5 Å². The third-order valence-electron chi connectivity index (χ3n) is 5.60. The van der Waals surface area contributed by atoms with Crippen LogP contribution < -0.4 is 20.9 Å². The van der Waals surface area contributed by atoms with Crippen LogP contribution in [0.2, 0.25) is 0 Å². The van der Waals surface area contributed by atoms with Gasteiger partial charge in [-0.15, -0.1) is 0 Å². The van der Waals surface area contributed by atoms with Crippen molar-refractivity contribution in [2.24, 2.45) is 4.99 Å². The summed E-state index contributed by atoms with van der Waals surface area (Å²) in [5, 5.41) is 7.73. The van der Waals surface area contributed by atoms with Gasteiger partial charge in [-0.2, -0.15) is 0 Å². The molecule has 0 saturated heterocycles. The summed E-state index contributed by atoms with van der Waals surface area (Å²) in [6.07, 6.45) is 2.32. The van der Waals surface area contributed by atoms with Gasteiger partial charge in [0.05, 0.1) is 7.11 Å². The second-order valence-corrected chi connectivity index (χ2v) is 7.68. The first-order valence-corrected chi connectivity index (χ1v) is 10.5. The van der Waals surface area contributed by atoms with Crippen molar-refractivity contribution in [3.8, 4) is 5.75 Å². The molecule has 2 aromatic heterocycles. The van der Waals surface area contributed by atoms with E-state index in [1.54, 1.807) is 18.6 Å². The lowest BCUT2D eigenvalue weighted by molar-refractivity contribution is 0.395. The van der Waals surface area contributed by atoms with Crippen LogP contribution in [0.4, 0.5) is 5.95 Å². The zero-order valence-corrected chi connectivity index (χ0v) is 17.9. The largest absolute Gasteiger partial charge is 0.496 e. The number of anilines is 1. The highest BCUT2D eigenvalue weighted by Crippen LogP contribution is 2.28. The predicted octanol–water partition coefficient (Wildman–Crippen LogP) is 3.20. The number of hydrogen-bond acceptors (Lipinski definition) is 4. The number of benzene rings is 2. The first kappa shape index (κ1) is 19.9. The molecule has 8 heteroatoms. The van der Waals surface area contributed by atoms with E-state index in [9.17, 15) is 4.79 Å². The lowest BCUT2D eigenvalue weighted by Gasteiger charge is -2.31. The molecule has 3 heterocycles. The van der Waals surface area contributed by atoms with E-state index in [4.69, 9.17) is 9.73 Å². The van der Waals surface area contributed by atoms with Crippen LogP contribution >= 0.6 is 0 Å². The van der Waals surface area contributed by atoms with Gasteiger partial charge >= 0.3 is 0 Å². The molecule has 0 unspecified atom stereocenters. The monoisotopic (exact) mass is 428 g/mol. The average Bonchev–Trinajstić information content (AvgIpc) is 3.21. The van der Waals surface area contributed by atoms with Gasteiger partial charge in [-0.25, -0.2) is 4.98 Å². The maximum absolute atomic E-state index is 12.8. The molecule has 0 bridgehead atoms. The van der Waals surface area contributed by atoms with E-state index in [0.717, 1.165) is 17.5 Å². The molecular formula is C24H24N6O2. The molecule has 32 heavy (non-hydrogen) atoms. The number of fused-ring (bicyclic) bond motifs is 2. The minimum Gasteiger partial charge on any atom is -0.496 e. The molecule has 0 radical (unpaired) electrons. The Morgan fingerprint density at radius 2 is 1.97 bits per heavy atom. The number of para-hydroxylation sites is 2. The van der Waals surface area contributed by atoms with Crippen LogP contribution in [0.5, 0.6) is 5.75 Å². The number of aliphatic imine (C=N–C) groups is 1. The van der Waals surface area contributed by atoms with Crippen molar-refractivity contribution in [1.82, 2.24) is 19.9 Å². The highest BCUT2D eigenvalue weighted by Gasteiger charge is 2.28. The number of aromatic amines is 1. The summed E-state index contributed by atoms with van der Waals surface area (Å²) in [4.78, 5) is 25.4. The Bertz CT molecular complexity index is 1370. The highest BCUT2D eigenvalue weighted by atomic mass is 16.5. The number of guanidine groups is 1. The summed E-state index contributed by atoms with van der Waals surface area (Å²) in [6.45, 7) is 2.38. The fourth-order valence-electron chi connectivity index (χ4n) is 4.10. The van der Waals surface area contributed by atoms with Crippen LogP contribution in [-0.4, -0.2) is 34.1 Å². The molecule has 0 saturated carbocycles. The number of methoxy groups -OCH3 is 1. The molecule has 2 aromatic carbocycles. The molecule has 0 aliphatic carbocycles. The average molecular weight is 428 g/mol. The van der Waals surface area contributed by atoms with Gasteiger partial charge in [0.1, 0.15) is 11.9 Å². The Kier molecular flexibility index (Phi) is 5.10. The molecule has 1 atom stereocenters. The van der Waals surface area contributed by atoms with Gasteiger partial charge in [-0.1, -0.05) is 36.4 Å². The van der Waals surface area contributed by atoms with E-state index in [0.29, 0.717) is 29.9 Å². The lowest BCUT2D eigenvalue weighted by atomic mass is 10.1. The van der Waals surface area contributed by atoms with Crippen LogP contribution in [0.3, 0.4) is 0 Å². The molecule has 162 valence electrons. The fraction of sp³-hybridized carbons (Fsp3) is 0.208. The maximum atomic E-state index is 12.8. The fourth-order valence-corrected chi connectivity index (χ4v) is 4.10. The van der Waals surface area contributed by atoms with Gasteiger partial charge in [-0.3, -0.25) is 19.7 Å². The Hall–Kier alpha value is -4.07. The van der Waals surface area contributed by atoms with Gasteiger partial charge in [0.2, 0.25) is 5.95 Å². The van der Waals surface area contributed by atoms with E-state index in [1.165, 1.54) is 17.0 Å². The van der Waals surface area contributed by atoms with Crippen molar-refractivity contribution in [3.63, 3.8) is 0 Å². The van der Waals surface area contributed by atoms with E-state index >= 15 is 0 Å². The minimum atomic E-state index is -0.491. The Morgan fingerprint density at radius 1 is 1.16 bits per heavy atom. The number of nitrogens with zero attached hydrogens (tertiary/aromatic N) is 3. The van der Waals surface area contributed by atoms with Gasteiger partial charge in [-0.05, 0) is 31.0 Å². The van der Waals surface area contributed by atoms with Crippen LogP contribution in [-0.2, 0) is 6.42 Å². The van der Waals surface area contributed by atoms with Crippen LogP contribution in [0.15, 0.2) is 70.6 Å². The molecule has 1 aliphatic rings. The van der Waals surface area contributed by atoms with Crippen molar-refractivity contribution >= 4 is 22.8 Å². The molecular weight excluding hydrogens is 404 g/mol. The summed E-state index contributed by atoms with van der Waals surface area (Å²) in [5.41, 5.74) is 3.66. The number of nitrogens with one attached hydrogen (secondary N) is 3. The van der Waals surface area contributed by atoms with Crippen molar-refractivity contribution in [1.29, 1.82) is 0 Å². The Morgan fingerprint density at radius 3 is 2.84 bits per heavy atom. The zero-order valence-electron chi connectivity index (χ0n) is 17.9. The van der Waals surface area contributed by atoms with Gasteiger partial charge < -0.3 is 15.0 Å². The quantitative estimate of drug-likeness (QED) is 0.454. The van der Waals surface area contributed by atoms with E-state index in [-0.39, 0.29) is 5.56 Å². The van der Waals surface area contributed by atoms with Gasteiger partial charge in [0.15, 0.2) is 5.96 Å². The topological polar surface area (TPSA) is 96.3 Å². The second kappa shape index (κ2) is 8.22. The molecule has 0 spiro atoms. The number of H-pyrrole nitrogens is 1. The van der Waals surface area contributed by atoms with Crippen molar-refractivity contribution in [3.05, 3.63) is 88.0 Å². The molecule has 4 aromatic rings. The maximum Gasteiger partial charge on any atom is 0.257 e. The predicted molar refractivity (Wildman–Crippen MR) is 125 cm³/mol. The lowest BCUT2D eigenvalue weighted by Crippen LogP contribution is -2.48. The molecule has 0 fully saturated rings. The normalized spacial score (nSPS) is 16.4. The molecule has 3 N–H and O–H groups in total. The Balaban J connectivity index is 1.47. The summed E-state index contributed by atoms with van der Waals surface area (Å²) >= 11 is 0. The number of rotatable bonds is 5. The van der Waals surface area contributed by atoms with Crippen molar-refractivity contribution < 1.29 is 4.74 Å². The van der Waals surface area contributed by atoms with E-state index in [2.05, 4.69) is 32.7 Å². The van der Waals surface area contributed by atoms with Crippen LogP contribution in [0, 0.1) is 6.92 Å². The molecule has 8 nitrogen and oxygen atoms in total. The van der Waals surface area contributed by atoms with E-state index < -0.39 is 6.17 Å². The number of aromatic nitrogens is 3. The first-order valence-electron chi connectivity index (χ1n) is 10.5. The Labute approximate surface area is 185 Å². The smallest absolute Gasteiger partial charge is 0.257 e. The molecule has 1 aliphatic heterocycles. The van der Waals surface area contributed by atoms with E-state index in [1.807, 2.05) is 42.6 Å². The first-order chi connectivity index (χ1) is 15.6. The highest BCUT2D eigenvalue weighted by molar-refractivity contribution is 5.94. The van der Waals surface area contributed by atoms with Crippen LogP contribution in [0.25, 0.3) is 10.9 Å². The summed E-state index contributed by atoms with van der Waals surface area (Å²) in [7, 11) is 1.62. The minimum absolute atomic E-state index is 0.152. The molecule has 0 amide bonds. The van der Waals surface area contributed by atoms with Gasteiger partial charge in [0.25, 0.3) is 5.56 Å². The third-order valence-corrected chi connectivity index (χ3v) is 5.60. The third kappa shape index (κ3) is 3.60. The summed E-state index contributed by atoms with van der Waals surface area (Å²) in [6, 6.07) is 17.4. The number of ether oxygens (including phenoxy) is 1. The number of aryl methyl sites for hydroxylation is 1. The summed E-state index contributed by atoms with van der Waals surface area (Å²) < 4.78 is 7.13. The summed E-state index contributed by atoms with van der Waals surface area (Å²) in [5.74, 6) is 1.71. The zero-order chi connectivity index (χ0) is 22.1. The number of hydrogen-bond donors (Lipinski definition) is 3. The van der Waals surface area contributed by atoms with Crippen LogP contribution in [0.1, 0.15) is 23.0 Å². The van der Waals surface area contributed by atoms with Gasteiger partial charge in [0, 0.05) is 41.0 Å². The molecule has 5 rings (SSSR count). The SMILES string of the molecule is COc1ccccc1[C@@H]1NC(=NCCc2c[nH]c3ccccc23)Nc2nc(C)cc(=O)n21. The second-order valence-electron chi connectivity index (χ2n) is 7.68.